The van der Waals surface area contributed by atoms with Gasteiger partial charge in [-0.1, -0.05) is 36.2 Å². The number of hydrogen-bond acceptors (Lipinski definition) is 2. The van der Waals surface area contributed by atoms with Gasteiger partial charge in [0.25, 0.3) is 0 Å². The maximum atomic E-state index is 13.0. The Morgan fingerprint density at radius 2 is 1.68 bits per heavy atom. The molecule has 2 bridgehead atoms. The van der Waals surface area contributed by atoms with Gasteiger partial charge in [-0.05, 0) is 68.5 Å². The summed E-state index contributed by atoms with van der Waals surface area (Å²) in [6.07, 6.45) is 7.75. The van der Waals surface area contributed by atoms with Gasteiger partial charge in [0.05, 0.1) is 0 Å². The molecule has 1 unspecified atom stereocenters. The maximum Gasteiger partial charge on any atom is 0.326 e. The number of benzene rings is 2. The van der Waals surface area contributed by atoms with Crippen LogP contribution in [-0.2, 0) is 0 Å². The quantitative estimate of drug-likeness (QED) is 0.670. The molecule has 2 aliphatic heterocycles. The summed E-state index contributed by atoms with van der Waals surface area (Å²) in [6.45, 7) is 1.78. The van der Waals surface area contributed by atoms with Crippen molar-refractivity contribution in [3.63, 3.8) is 0 Å². The van der Waals surface area contributed by atoms with Gasteiger partial charge in [0.1, 0.15) is 0 Å². The topological polar surface area (TPSA) is 35.6 Å². The highest BCUT2D eigenvalue weighted by Crippen LogP contribution is 2.35. The lowest BCUT2D eigenvalue weighted by molar-refractivity contribution is 0.139. The van der Waals surface area contributed by atoms with E-state index in [0.29, 0.717) is 11.6 Å². The van der Waals surface area contributed by atoms with E-state index < -0.39 is 0 Å². The predicted molar refractivity (Wildman–Crippen MR) is 116 cm³/mol. The van der Waals surface area contributed by atoms with Crippen LogP contribution in [0.3, 0.4) is 0 Å². The van der Waals surface area contributed by atoms with E-state index in [0.717, 1.165) is 36.4 Å². The van der Waals surface area contributed by atoms with E-state index in [1.807, 2.05) is 47.4 Å². The lowest BCUT2D eigenvalue weighted by Gasteiger charge is -2.35. The highest BCUT2D eigenvalue weighted by Gasteiger charge is 2.35. The Hall–Kier alpha value is -2.04. The number of carbonyl (C=O) groups excluding carboxylic acids is 1. The molecule has 0 aliphatic carbocycles. The number of carbonyl (C=O) groups is 1. The van der Waals surface area contributed by atoms with Crippen LogP contribution in [0.4, 0.5) is 16.2 Å². The van der Waals surface area contributed by atoms with E-state index in [2.05, 4.69) is 10.2 Å². The Morgan fingerprint density at radius 1 is 1.00 bits per heavy atom. The number of para-hydroxylation sites is 1. The van der Waals surface area contributed by atoms with Gasteiger partial charge < -0.3 is 5.32 Å². The SMILES string of the molecule is O=C(Nc1ccc(Cl)cc1)N(CCCN1C2CCC[C@@H]1CC2)c1ccccc1. The lowest BCUT2D eigenvalue weighted by Crippen LogP contribution is -2.42. The fraction of sp³-hybridized carbons (Fsp3) is 0.435. The highest BCUT2D eigenvalue weighted by atomic mass is 35.5. The fourth-order valence-corrected chi connectivity index (χ4v) is 4.81. The van der Waals surface area contributed by atoms with Crippen molar-refractivity contribution in [2.75, 3.05) is 23.3 Å². The van der Waals surface area contributed by atoms with Crippen LogP contribution in [0.1, 0.15) is 38.5 Å². The molecular weight excluding hydrogens is 370 g/mol. The number of nitrogens with zero attached hydrogens (tertiary/aromatic N) is 2. The van der Waals surface area contributed by atoms with Crippen LogP contribution in [0.5, 0.6) is 0 Å². The molecule has 0 saturated carbocycles. The number of hydrogen-bond donors (Lipinski definition) is 1. The molecule has 4 nitrogen and oxygen atoms in total. The van der Waals surface area contributed by atoms with Crippen molar-refractivity contribution in [1.29, 1.82) is 0 Å². The zero-order valence-electron chi connectivity index (χ0n) is 16.2. The number of rotatable bonds is 6. The third-order valence-corrected chi connectivity index (χ3v) is 6.30. The Labute approximate surface area is 172 Å². The third-order valence-electron chi connectivity index (χ3n) is 6.05. The molecule has 2 fully saturated rings. The molecule has 148 valence electrons. The Bertz CT molecular complexity index is 764. The first kappa shape index (κ1) is 19.3. The number of nitrogens with one attached hydrogen (secondary N) is 1. The van der Waals surface area contributed by atoms with Crippen LogP contribution in [0.2, 0.25) is 5.02 Å². The zero-order valence-corrected chi connectivity index (χ0v) is 16.9. The third kappa shape index (κ3) is 4.50. The van der Waals surface area contributed by atoms with Crippen molar-refractivity contribution >= 4 is 29.0 Å². The van der Waals surface area contributed by atoms with Gasteiger partial charge in [-0.2, -0.15) is 0 Å². The van der Waals surface area contributed by atoms with E-state index in [4.69, 9.17) is 11.6 Å². The molecule has 5 heteroatoms. The number of fused-ring (bicyclic) bond motifs is 2. The summed E-state index contributed by atoms with van der Waals surface area (Å²) >= 11 is 5.95. The molecule has 2 heterocycles. The van der Waals surface area contributed by atoms with Gasteiger partial charge in [-0.3, -0.25) is 9.80 Å². The number of anilines is 2. The molecule has 1 N–H and O–H groups in total. The molecule has 4 rings (SSSR count). The predicted octanol–water partition coefficient (Wildman–Crippen LogP) is 5.79. The average molecular weight is 398 g/mol. The number of urea groups is 1. The highest BCUT2D eigenvalue weighted by molar-refractivity contribution is 6.30. The normalized spacial score (nSPS) is 21.5. The first-order valence-corrected chi connectivity index (χ1v) is 10.7. The fourth-order valence-electron chi connectivity index (χ4n) is 4.68. The van der Waals surface area contributed by atoms with Crippen LogP contribution in [0, 0.1) is 0 Å². The van der Waals surface area contributed by atoms with Gasteiger partial charge in [0.2, 0.25) is 0 Å². The summed E-state index contributed by atoms with van der Waals surface area (Å²) in [5.41, 5.74) is 1.68. The average Bonchev–Trinajstić information content (AvgIpc) is 2.93. The van der Waals surface area contributed by atoms with Crippen molar-refractivity contribution < 1.29 is 4.79 Å². The molecule has 2 amide bonds. The standard InChI is InChI=1S/C23H28ClN3O/c24-18-10-12-19(13-11-18)25-23(28)27(20-6-2-1-3-7-20)17-5-16-26-21-8-4-9-22(26)15-14-21/h1-3,6-7,10-13,21-22H,4-5,8-9,14-17H2,(H,25,28)/t21-,22?/m1/s1. The smallest absolute Gasteiger partial charge is 0.308 e. The van der Waals surface area contributed by atoms with Gasteiger partial charge >= 0.3 is 6.03 Å². The molecule has 2 aromatic rings. The Kier molecular flexibility index (Phi) is 6.18. The minimum atomic E-state index is -0.102. The minimum absolute atomic E-state index is 0.102. The van der Waals surface area contributed by atoms with Crippen molar-refractivity contribution in [3.8, 4) is 0 Å². The summed E-state index contributed by atoms with van der Waals surface area (Å²) in [5.74, 6) is 0. The summed E-state index contributed by atoms with van der Waals surface area (Å²) in [4.78, 5) is 17.5. The molecule has 2 saturated heterocycles. The zero-order chi connectivity index (χ0) is 19.3. The maximum absolute atomic E-state index is 13.0. The minimum Gasteiger partial charge on any atom is -0.308 e. The second-order valence-corrected chi connectivity index (χ2v) is 8.27. The molecule has 28 heavy (non-hydrogen) atoms. The van der Waals surface area contributed by atoms with E-state index >= 15 is 0 Å². The van der Waals surface area contributed by atoms with Crippen LogP contribution in [0.15, 0.2) is 54.6 Å². The molecule has 0 aromatic heterocycles. The van der Waals surface area contributed by atoms with Crippen molar-refractivity contribution in [1.82, 2.24) is 4.90 Å². The van der Waals surface area contributed by atoms with E-state index in [9.17, 15) is 4.79 Å². The molecule has 2 atom stereocenters. The number of amides is 2. The van der Waals surface area contributed by atoms with Crippen LogP contribution in [-0.4, -0.2) is 36.1 Å². The summed E-state index contributed by atoms with van der Waals surface area (Å²) in [5, 5.41) is 3.66. The van der Waals surface area contributed by atoms with Crippen LogP contribution in [0.25, 0.3) is 0 Å². The second kappa shape index (κ2) is 8.97. The second-order valence-electron chi connectivity index (χ2n) is 7.83. The van der Waals surface area contributed by atoms with Gasteiger partial charge in [0.15, 0.2) is 0 Å². The number of piperidine rings is 1. The van der Waals surface area contributed by atoms with Gasteiger partial charge in [-0.25, -0.2) is 4.79 Å². The lowest BCUT2D eigenvalue weighted by atomic mass is 10.0. The molecule has 2 aromatic carbocycles. The Morgan fingerprint density at radius 3 is 2.36 bits per heavy atom. The van der Waals surface area contributed by atoms with Gasteiger partial charge in [0, 0.05) is 41.6 Å². The monoisotopic (exact) mass is 397 g/mol. The number of halogens is 1. The summed E-state index contributed by atoms with van der Waals surface area (Å²) in [7, 11) is 0. The van der Waals surface area contributed by atoms with E-state index in [1.54, 1.807) is 12.1 Å². The van der Waals surface area contributed by atoms with Crippen LogP contribution < -0.4 is 10.2 Å². The van der Waals surface area contributed by atoms with Crippen LogP contribution >= 0.6 is 11.6 Å². The van der Waals surface area contributed by atoms with Crippen molar-refractivity contribution in [2.24, 2.45) is 0 Å². The molecule has 0 spiro atoms. The molecule has 0 radical (unpaired) electrons. The molecule has 2 aliphatic rings. The largest absolute Gasteiger partial charge is 0.326 e. The van der Waals surface area contributed by atoms with E-state index in [-0.39, 0.29) is 6.03 Å². The molecular formula is C23H28ClN3O. The van der Waals surface area contributed by atoms with Gasteiger partial charge in [-0.15, -0.1) is 0 Å². The summed E-state index contributed by atoms with van der Waals surface area (Å²) in [6, 6.07) is 18.6. The van der Waals surface area contributed by atoms with Crippen molar-refractivity contribution in [2.45, 2.75) is 50.6 Å². The van der Waals surface area contributed by atoms with Crippen molar-refractivity contribution in [3.05, 3.63) is 59.6 Å². The first-order chi connectivity index (χ1) is 13.7. The summed E-state index contributed by atoms with van der Waals surface area (Å²) < 4.78 is 0. The first-order valence-electron chi connectivity index (χ1n) is 10.4. The van der Waals surface area contributed by atoms with E-state index in [1.165, 1.54) is 32.1 Å². The Balaban J connectivity index is 1.40.